The van der Waals surface area contributed by atoms with Crippen molar-refractivity contribution in [2.75, 3.05) is 11.9 Å². The van der Waals surface area contributed by atoms with Crippen LogP contribution >= 0.6 is 0 Å². The van der Waals surface area contributed by atoms with E-state index in [4.69, 9.17) is 0 Å². The largest absolute Gasteiger partial charge is 0.334 e. The van der Waals surface area contributed by atoms with Crippen LogP contribution in [-0.4, -0.2) is 52.6 Å². The van der Waals surface area contributed by atoms with Gasteiger partial charge in [0, 0.05) is 32.1 Å². The zero-order valence-electron chi connectivity index (χ0n) is 20.5. The molecule has 37 heavy (non-hydrogen) atoms. The summed E-state index contributed by atoms with van der Waals surface area (Å²) >= 11 is 0. The van der Waals surface area contributed by atoms with Crippen molar-refractivity contribution in [1.29, 1.82) is 0 Å². The van der Waals surface area contributed by atoms with Gasteiger partial charge in [-0.1, -0.05) is 6.07 Å². The van der Waals surface area contributed by atoms with Crippen LogP contribution in [0.4, 0.5) is 10.2 Å². The lowest BCUT2D eigenvalue weighted by atomic mass is 10.1. The van der Waals surface area contributed by atoms with Gasteiger partial charge in [-0.25, -0.2) is 14.4 Å². The van der Waals surface area contributed by atoms with Crippen LogP contribution in [0.2, 0.25) is 0 Å². The van der Waals surface area contributed by atoms with Crippen molar-refractivity contribution in [1.82, 2.24) is 34.2 Å². The van der Waals surface area contributed by atoms with E-state index in [9.17, 15) is 14.0 Å². The van der Waals surface area contributed by atoms with Gasteiger partial charge < -0.3 is 19.4 Å². The zero-order chi connectivity index (χ0) is 25.7. The number of pyridine rings is 1. The molecule has 1 fully saturated rings. The number of nitrogens with zero attached hydrogens (tertiary/aromatic N) is 7. The molecule has 3 aromatic heterocycles. The molecule has 2 amide bonds. The lowest BCUT2D eigenvalue weighted by Gasteiger charge is -2.26. The highest BCUT2D eigenvalue weighted by molar-refractivity contribution is 6.04. The van der Waals surface area contributed by atoms with Gasteiger partial charge in [0.15, 0.2) is 11.6 Å². The van der Waals surface area contributed by atoms with E-state index in [0.717, 1.165) is 18.5 Å². The number of benzene rings is 1. The summed E-state index contributed by atoms with van der Waals surface area (Å²) in [4.78, 5) is 35.5. The van der Waals surface area contributed by atoms with Crippen LogP contribution in [-0.2, 0) is 17.9 Å². The molecule has 188 valence electrons. The molecule has 6 rings (SSSR count). The van der Waals surface area contributed by atoms with Gasteiger partial charge in [0.2, 0.25) is 5.91 Å². The number of rotatable bonds is 5. The van der Waals surface area contributed by atoms with Gasteiger partial charge in [-0.3, -0.25) is 9.59 Å². The molecular weight excluding hydrogens is 475 g/mol. The maximum Gasteiger partial charge on any atom is 0.259 e. The molecule has 4 heterocycles. The highest BCUT2D eigenvalue weighted by atomic mass is 19.1. The molecule has 0 unspecified atom stereocenters. The third-order valence-corrected chi connectivity index (χ3v) is 6.82. The van der Waals surface area contributed by atoms with Gasteiger partial charge in [0.25, 0.3) is 5.91 Å². The molecule has 1 aromatic carbocycles. The Bertz CT molecular complexity index is 1540. The van der Waals surface area contributed by atoms with Crippen LogP contribution in [0.3, 0.4) is 0 Å². The van der Waals surface area contributed by atoms with Crippen LogP contribution in [0.25, 0.3) is 17.2 Å². The quantitative estimate of drug-likeness (QED) is 0.449. The van der Waals surface area contributed by atoms with Crippen molar-refractivity contribution in [3.8, 4) is 17.2 Å². The van der Waals surface area contributed by atoms with E-state index >= 15 is 0 Å². The van der Waals surface area contributed by atoms with Crippen molar-refractivity contribution < 1.29 is 14.0 Å². The second-order valence-corrected chi connectivity index (χ2v) is 9.49. The summed E-state index contributed by atoms with van der Waals surface area (Å²) in [5.74, 6) is 0.746. The number of carbonyl (C=O) groups excluding carboxylic acids is 2. The van der Waals surface area contributed by atoms with Crippen molar-refractivity contribution >= 4 is 17.6 Å². The number of fused-ring (bicyclic) bond motifs is 1. The number of amides is 2. The Labute approximate surface area is 212 Å². The van der Waals surface area contributed by atoms with Crippen molar-refractivity contribution in [2.24, 2.45) is 0 Å². The minimum absolute atomic E-state index is 0.0125. The fraction of sp³-hybridized carbons (Fsp3) is 0.308. The van der Waals surface area contributed by atoms with Crippen LogP contribution in [0.5, 0.6) is 0 Å². The fourth-order valence-corrected chi connectivity index (χ4v) is 4.60. The van der Waals surface area contributed by atoms with E-state index < -0.39 is 11.7 Å². The van der Waals surface area contributed by atoms with Crippen LogP contribution in [0.15, 0.2) is 42.9 Å². The number of imidazole rings is 1. The smallest absolute Gasteiger partial charge is 0.259 e. The van der Waals surface area contributed by atoms with Crippen molar-refractivity contribution in [3.05, 3.63) is 71.3 Å². The zero-order valence-corrected chi connectivity index (χ0v) is 20.5. The predicted octanol–water partition coefficient (Wildman–Crippen LogP) is 3.47. The number of hydrogen-bond acceptors (Lipinski definition) is 6. The first-order chi connectivity index (χ1) is 17.9. The molecule has 1 saturated carbocycles. The van der Waals surface area contributed by atoms with Gasteiger partial charge in [-0.15, -0.1) is 10.2 Å². The topological polar surface area (TPSA) is 111 Å². The molecule has 1 aliphatic carbocycles. The van der Waals surface area contributed by atoms with Gasteiger partial charge in [-0.2, -0.15) is 0 Å². The standard InChI is InChI=1S/C26H25FN8O2/c1-15-10-19(27)18(11-22(15)34-12-21(28-14-34)17-6-7-17)26(37)30-23-5-3-4-20(29-23)25-32-31-24-13-33(16(2)36)8-9-35(24)25/h3-5,10-12,14,17H,6-9,13H2,1-2H3,(H,29,30,37). The molecule has 0 atom stereocenters. The number of aromatic nitrogens is 6. The fourth-order valence-electron chi connectivity index (χ4n) is 4.60. The van der Waals surface area contributed by atoms with Crippen molar-refractivity contribution in [2.45, 2.75) is 45.7 Å². The molecule has 11 heteroatoms. The second-order valence-electron chi connectivity index (χ2n) is 9.49. The summed E-state index contributed by atoms with van der Waals surface area (Å²) in [7, 11) is 0. The van der Waals surface area contributed by atoms with E-state index in [1.54, 1.807) is 36.4 Å². The molecule has 2 aliphatic rings. The molecule has 0 radical (unpaired) electrons. The maximum atomic E-state index is 14.9. The van der Waals surface area contributed by atoms with Gasteiger partial charge >= 0.3 is 0 Å². The van der Waals surface area contributed by atoms with Gasteiger partial charge in [0.05, 0.1) is 29.8 Å². The van der Waals surface area contributed by atoms with Crippen LogP contribution in [0.1, 0.15) is 53.1 Å². The Morgan fingerprint density at radius 1 is 1.14 bits per heavy atom. The maximum absolute atomic E-state index is 14.9. The van der Waals surface area contributed by atoms with E-state index in [-0.39, 0.29) is 17.3 Å². The minimum atomic E-state index is -0.612. The molecule has 0 bridgehead atoms. The second kappa shape index (κ2) is 8.91. The number of aryl methyl sites for hydroxylation is 1. The number of nitrogens with one attached hydrogen (secondary N) is 1. The lowest BCUT2D eigenvalue weighted by molar-refractivity contribution is -0.130. The number of anilines is 1. The molecule has 1 aliphatic heterocycles. The Balaban J connectivity index is 1.25. The first-order valence-corrected chi connectivity index (χ1v) is 12.2. The summed E-state index contributed by atoms with van der Waals surface area (Å²) < 4.78 is 18.6. The number of carbonyl (C=O) groups is 2. The third-order valence-electron chi connectivity index (χ3n) is 6.82. The van der Waals surface area contributed by atoms with Gasteiger partial charge in [-0.05, 0) is 49.6 Å². The number of halogens is 1. The van der Waals surface area contributed by atoms with E-state index in [2.05, 4.69) is 25.5 Å². The molecule has 0 spiro atoms. The van der Waals surface area contributed by atoms with E-state index in [1.807, 2.05) is 15.3 Å². The Kier molecular flexibility index (Phi) is 5.54. The highest BCUT2D eigenvalue weighted by Crippen LogP contribution is 2.39. The molecular formula is C26H25FN8O2. The summed E-state index contributed by atoms with van der Waals surface area (Å²) in [6, 6.07) is 8.05. The van der Waals surface area contributed by atoms with E-state index in [0.29, 0.717) is 54.1 Å². The SMILES string of the molecule is CC(=O)N1CCn2c(nnc2-c2cccc(NC(=O)c3cc(-n4cnc(C5CC5)c4)c(C)cc3F)n2)C1. The molecule has 10 nitrogen and oxygen atoms in total. The molecule has 4 aromatic rings. The Hall–Kier alpha value is -4.41. The normalized spacial score (nSPS) is 14.9. The Morgan fingerprint density at radius 3 is 2.76 bits per heavy atom. The minimum Gasteiger partial charge on any atom is -0.334 e. The molecule has 0 saturated heterocycles. The highest BCUT2D eigenvalue weighted by Gasteiger charge is 2.27. The third kappa shape index (κ3) is 4.37. The van der Waals surface area contributed by atoms with Crippen LogP contribution in [0, 0.1) is 12.7 Å². The van der Waals surface area contributed by atoms with E-state index in [1.165, 1.54) is 19.1 Å². The summed E-state index contributed by atoms with van der Waals surface area (Å²) in [5.41, 5.74) is 2.85. The number of hydrogen-bond donors (Lipinski definition) is 1. The average Bonchev–Trinajstić information content (AvgIpc) is 3.45. The van der Waals surface area contributed by atoms with Crippen LogP contribution < -0.4 is 5.32 Å². The monoisotopic (exact) mass is 500 g/mol. The molecule has 1 N–H and O–H groups in total. The average molecular weight is 501 g/mol. The first-order valence-electron chi connectivity index (χ1n) is 12.2. The summed E-state index contributed by atoms with van der Waals surface area (Å²) in [6.45, 7) is 4.81. The van der Waals surface area contributed by atoms with Crippen molar-refractivity contribution in [3.63, 3.8) is 0 Å². The first kappa shape index (κ1) is 23.0. The lowest BCUT2D eigenvalue weighted by Crippen LogP contribution is -2.37. The van der Waals surface area contributed by atoms with Gasteiger partial charge in [0.1, 0.15) is 17.3 Å². The predicted molar refractivity (Wildman–Crippen MR) is 133 cm³/mol. The summed E-state index contributed by atoms with van der Waals surface area (Å²) in [6.07, 6.45) is 5.91. The Morgan fingerprint density at radius 2 is 1.97 bits per heavy atom. The summed E-state index contributed by atoms with van der Waals surface area (Å²) in [5, 5.41) is 11.2.